The Balaban J connectivity index is 1.70. The van der Waals surface area contributed by atoms with Crippen molar-refractivity contribution in [3.63, 3.8) is 0 Å². The molecule has 150 valence electrons. The van der Waals surface area contributed by atoms with E-state index in [2.05, 4.69) is 11.1 Å². The second kappa shape index (κ2) is 7.62. The van der Waals surface area contributed by atoms with E-state index < -0.39 is 5.60 Å². The van der Waals surface area contributed by atoms with Crippen molar-refractivity contribution < 1.29 is 5.11 Å². The lowest BCUT2D eigenvalue weighted by Crippen LogP contribution is -2.44. The summed E-state index contributed by atoms with van der Waals surface area (Å²) in [6.07, 6.45) is 1.04. The molecule has 0 bridgehead atoms. The summed E-state index contributed by atoms with van der Waals surface area (Å²) >= 11 is 0. The van der Waals surface area contributed by atoms with Crippen LogP contribution in [0.5, 0.6) is 0 Å². The van der Waals surface area contributed by atoms with Gasteiger partial charge in [-0.05, 0) is 31.9 Å². The van der Waals surface area contributed by atoms with Crippen LogP contribution in [0, 0.1) is 11.3 Å². The minimum atomic E-state index is -0.711. The van der Waals surface area contributed by atoms with Crippen molar-refractivity contribution in [3.8, 4) is 17.3 Å². The smallest absolute Gasteiger partial charge is 0.138 e. The number of aliphatic hydroxyl groups is 1. The summed E-state index contributed by atoms with van der Waals surface area (Å²) < 4.78 is 0. The molecule has 2 aromatic carbocycles. The van der Waals surface area contributed by atoms with Crippen molar-refractivity contribution in [2.45, 2.75) is 31.4 Å². The van der Waals surface area contributed by atoms with Gasteiger partial charge in [0.25, 0.3) is 0 Å². The maximum absolute atomic E-state index is 9.87. The summed E-state index contributed by atoms with van der Waals surface area (Å²) in [4.78, 5) is 9.13. The maximum Gasteiger partial charge on any atom is 0.138 e. The molecule has 0 amide bonds. The predicted molar refractivity (Wildman–Crippen MR) is 119 cm³/mol. The van der Waals surface area contributed by atoms with E-state index in [0.29, 0.717) is 18.4 Å². The largest absolute Gasteiger partial charge is 0.397 e. The van der Waals surface area contributed by atoms with Gasteiger partial charge in [-0.1, -0.05) is 48.5 Å². The lowest BCUT2D eigenvalue weighted by molar-refractivity contribution is -0.0280. The molecule has 5 N–H and O–H groups in total. The maximum atomic E-state index is 9.87. The molecule has 30 heavy (non-hydrogen) atoms. The fourth-order valence-corrected chi connectivity index (χ4v) is 3.76. The average molecular weight is 397 g/mol. The first kappa shape index (κ1) is 19.6. The van der Waals surface area contributed by atoms with E-state index >= 15 is 0 Å². The van der Waals surface area contributed by atoms with Crippen LogP contribution in [0.2, 0.25) is 0 Å². The molecule has 0 radical (unpaired) electrons. The van der Waals surface area contributed by atoms with Crippen molar-refractivity contribution in [2.75, 3.05) is 0 Å². The number of aliphatic imine (C=N–C) groups is 1. The second-order valence-electron chi connectivity index (χ2n) is 7.94. The number of amidine groups is 1. The molecule has 1 fully saturated rings. The molecule has 1 aromatic heterocycles. The van der Waals surface area contributed by atoms with Crippen LogP contribution in [0.15, 0.2) is 71.2 Å². The zero-order valence-corrected chi connectivity index (χ0v) is 16.7. The zero-order valence-electron chi connectivity index (χ0n) is 16.7. The van der Waals surface area contributed by atoms with Crippen LogP contribution in [0.4, 0.5) is 0 Å². The molecule has 1 heterocycles. The van der Waals surface area contributed by atoms with Crippen LogP contribution >= 0.6 is 0 Å². The zero-order chi connectivity index (χ0) is 21.3. The Bertz CT molecular complexity index is 1200. The van der Waals surface area contributed by atoms with Gasteiger partial charge in [-0.15, -0.1) is 0 Å². The second-order valence-corrected chi connectivity index (χ2v) is 7.94. The fraction of sp³-hybridized carbons (Fsp3) is 0.208. The number of hydrogen-bond donors (Lipinski definition) is 3. The highest BCUT2D eigenvalue weighted by Crippen LogP contribution is 2.34. The van der Waals surface area contributed by atoms with Crippen LogP contribution < -0.4 is 11.5 Å². The minimum Gasteiger partial charge on any atom is -0.397 e. The van der Waals surface area contributed by atoms with Gasteiger partial charge < -0.3 is 16.6 Å². The van der Waals surface area contributed by atoms with E-state index in [1.54, 1.807) is 6.92 Å². The molecule has 6 heteroatoms. The van der Waals surface area contributed by atoms with Crippen LogP contribution in [0.1, 0.15) is 25.3 Å². The third-order valence-corrected chi connectivity index (χ3v) is 5.38. The Labute approximate surface area is 175 Å². The minimum absolute atomic E-state index is 0.0946. The van der Waals surface area contributed by atoms with Gasteiger partial charge in [0.05, 0.1) is 28.6 Å². The average Bonchev–Trinajstić information content (AvgIpc) is 2.72. The number of fused-ring (bicyclic) bond motifs is 1. The number of benzene rings is 2. The summed E-state index contributed by atoms with van der Waals surface area (Å²) in [5, 5.41) is 20.5. The highest BCUT2D eigenvalue weighted by molar-refractivity contribution is 6.07. The number of aromatic nitrogens is 1. The predicted octanol–water partition coefficient (Wildman–Crippen LogP) is 3.37. The Morgan fingerprint density at radius 3 is 2.50 bits per heavy atom. The molecular formula is C24H23N5O. The molecule has 1 aliphatic carbocycles. The van der Waals surface area contributed by atoms with Gasteiger partial charge >= 0.3 is 0 Å². The first-order valence-electron chi connectivity index (χ1n) is 9.79. The van der Waals surface area contributed by atoms with Crippen LogP contribution in [0.25, 0.3) is 27.9 Å². The van der Waals surface area contributed by atoms with Gasteiger partial charge in [0, 0.05) is 16.5 Å². The molecule has 3 aromatic rings. The summed E-state index contributed by atoms with van der Waals surface area (Å²) in [6, 6.07) is 21.5. The highest BCUT2D eigenvalue weighted by atomic mass is 16.3. The molecular weight excluding hydrogens is 374 g/mol. The standard InChI is InChI=1S/C24H23N5O/c1-24(30)12-18(13-24)28-23(27)19(14-25)22(26)17-8-7-16-9-10-20(29-21(16)11-17)15-5-3-2-4-6-15/h2-11,18,30H,12-13,26H2,1H3,(H2,27,28)/b22-19-. The molecule has 0 atom stereocenters. The van der Waals surface area contributed by atoms with Crippen molar-refractivity contribution >= 4 is 22.4 Å². The molecule has 0 saturated heterocycles. The summed E-state index contributed by atoms with van der Waals surface area (Å²) in [6.45, 7) is 1.76. The fourth-order valence-electron chi connectivity index (χ4n) is 3.76. The Morgan fingerprint density at radius 1 is 1.13 bits per heavy atom. The molecule has 0 aliphatic heterocycles. The van der Waals surface area contributed by atoms with E-state index in [0.717, 1.165) is 22.2 Å². The van der Waals surface area contributed by atoms with E-state index in [4.69, 9.17) is 16.5 Å². The van der Waals surface area contributed by atoms with Crippen molar-refractivity contribution in [3.05, 3.63) is 71.8 Å². The van der Waals surface area contributed by atoms with Crippen LogP contribution in [-0.2, 0) is 0 Å². The van der Waals surface area contributed by atoms with Gasteiger partial charge in [0.1, 0.15) is 17.5 Å². The molecule has 0 unspecified atom stereocenters. The molecule has 0 spiro atoms. The summed E-state index contributed by atoms with van der Waals surface area (Å²) in [7, 11) is 0. The number of nitrogens with two attached hydrogens (primary N) is 2. The number of hydrogen-bond acceptors (Lipinski definition) is 5. The van der Waals surface area contributed by atoms with Crippen molar-refractivity contribution in [2.24, 2.45) is 16.5 Å². The third-order valence-electron chi connectivity index (χ3n) is 5.38. The van der Waals surface area contributed by atoms with Crippen molar-refractivity contribution in [1.82, 2.24) is 4.98 Å². The number of pyridine rings is 1. The van der Waals surface area contributed by atoms with Crippen LogP contribution in [-0.4, -0.2) is 27.6 Å². The SMILES string of the molecule is CC1(O)CC(N=C(N)/C(C#N)=C(\N)c2ccc3ccc(-c4ccccc4)nc3c2)C1. The quantitative estimate of drug-likeness (QED) is 0.354. The Hall–Kier alpha value is -3.69. The monoisotopic (exact) mass is 397 g/mol. The van der Waals surface area contributed by atoms with Gasteiger partial charge in [-0.3, -0.25) is 4.99 Å². The van der Waals surface area contributed by atoms with E-state index in [1.807, 2.05) is 60.7 Å². The molecule has 1 saturated carbocycles. The lowest BCUT2D eigenvalue weighted by atomic mass is 9.77. The van der Waals surface area contributed by atoms with E-state index in [-0.39, 0.29) is 23.1 Å². The van der Waals surface area contributed by atoms with Gasteiger partial charge in [-0.25, -0.2) is 4.98 Å². The first-order valence-corrected chi connectivity index (χ1v) is 9.79. The Kier molecular flexibility index (Phi) is 4.98. The topological polar surface area (TPSA) is 121 Å². The Morgan fingerprint density at radius 2 is 1.83 bits per heavy atom. The van der Waals surface area contributed by atoms with E-state index in [1.165, 1.54) is 0 Å². The van der Waals surface area contributed by atoms with Gasteiger partial charge in [-0.2, -0.15) is 5.26 Å². The first-order chi connectivity index (χ1) is 14.4. The molecule has 4 rings (SSSR count). The van der Waals surface area contributed by atoms with Crippen LogP contribution in [0.3, 0.4) is 0 Å². The summed E-state index contributed by atoms with van der Waals surface area (Å²) in [5.41, 5.74) is 15.4. The van der Waals surface area contributed by atoms with E-state index in [9.17, 15) is 10.4 Å². The van der Waals surface area contributed by atoms with Crippen molar-refractivity contribution in [1.29, 1.82) is 5.26 Å². The van der Waals surface area contributed by atoms with Gasteiger partial charge in [0.15, 0.2) is 0 Å². The number of nitriles is 1. The number of rotatable bonds is 4. The van der Waals surface area contributed by atoms with Gasteiger partial charge in [0.2, 0.25) is 0 Å². The lowest BCUT2D eigenvalue weighted by Gasteiger charge is -2.38. The summed E-state index contributed by atoms with van der Waals surface area (Å²) in [5.74, 6) is 0.0987. The number of nitrogens with zero attached hydrogens (tertiary/aromatic N) is 3. The highest BCUT2D eigenvalue weighted by Gasteiger charge is 2.38. The molecule has 1 aliphatic rings. The normalized spacial score (nSPS) is 22.2. The molecule has 6 nitrogen and oxygen atoms in total. The third kappa shape index (κ3) is 3.88.